The Morgan fingerprint density at radius 2 is 2.17 bits per heavy atom. The summed E-state index contributed by atoms with van der Waals surface area (Å²) >= 11 is 0. The van der Waals surface area contributed by atoms with Gasteiger partial charge in [0.05, 0.1) is 6.54 Å². The zero-order valence-electron chi connectivity index (χ0n) is 18.5. The van der Waals surface area contributed by atoms with Crippen molar-refractivity contribution >= 4 is 41.5 Å². The first-order chi connectivity index (χ1) is 14.0. The molecule has 6 nitrogen and oxygen atoms in total. The topological polar surface area (TPSA) is 66.0 Å². The van der Waals surface area contributed by atoms with E-state index in [4.69, 9.17) is 9.73 Å². The largest absolute Gasteiger partial charge is 0.368 e. The summed E-state index contributed by atoms with van der Waals surface area (Å²) in [6.45, 7) is 11.0. The number of anilines is 1. The normalized spacial score (nSPS) is 21.6. The number of nitrogens with zero attached hydrogens (tertiary/aromatic N) is 2. The number of likely N-dealkylation sites (tertiary alicyclic amines) is 1. The Labute approximate surface area is 198 Å². The molecule has 7 heteroatoms. The first-order valence-electron chi connectivity index (χ1n) is 11.1. The maximum Gasteiger partial charge on any atom is 0.253 e. The summed E-state index contributed by atoms with van der Waals surface area (Å²) in [6.07, 6.45) is 3.96. The molecule has 2 aliphatic rings. The summed E-state index contributed by atoms with van der Waals surface area (Å²) in [5.74, 6) is 2.44. The van der Waals surface area contributed by atoms with Gasteiger partial charge in [-0.05, 0) is 62.1 Å². The molecule has 0 aromatic heterocycles. The fourth-order valence-electron chi connectivity index (χ4n) is 4.23. The van der Waals surface area contributed by atoms with E-state index >= 15 is 0 Å². The van der Waals surface area contributed by atoms with Gasteiger partial charge in [-0.15, -0.1) is 24.0 Å². The highest BCUT2D eigenvalue weighted by Crippen LogP contribution is 2.23. The van der Waals surface area contributed by atoms with Gasteiger partial charge in [0.15, 0.2) is 5.96 Å². The minimum absolute atomic E-state index is 0. The van der Waals surface area contributed by atoms with Gasteiger partial charge in [-0.3, -0.25) is 4.79 Å². The second kappa shape index (κ2) is 12.5. The van der Waals surface area contributed by atoms with Gasteiger partial charge in [-0.2, -0.15) is 0 Å². The number of benzene rings is 1. The summed E-state index contributed by atoms with van der Waals surface area (Å²) in [5, 5.41) is 6.42. The number of rotatable bonds is 7. The molecule has 168 valence electrons. The summed E-state index contributed by atoms with van der Waals surface area (Å²) in [6, 6.07) is 7.95. The second-order valence-corrected chi connectivity index (χ2v) is 8.59. The second-order valence-electron chi connectivity index (χ2n) is 8.59. The number of carbonyl (C=O) groups is 1. The van der Waals surface area contributed by atoms with Gasteiger partial charge < -0.3 is 20.3 Å². The van der Waals surface area contributed by atoms with Crippen molar-refractivity contribution in [2.24, 2.45) is 16.8 Å². The molecule has 1 aromatic carbocycles. The van der Waals surface area contributed by atoms with Crippen LogP contribution in [0.25, 0.3) is 0 Å². The van der Waals surface area contributed by atoms with Crippen LogP contribution in [-0.4, -0.2) is 49.1 Å². The van der Waals surface area contributed by atoms with E-state index < -0.39 is 0 Å². The third-order valence-electron chi connectivity index (χ3n) is 5.55. The number of nitrogens with one attached hydrogen (secondary N) is 2. The smallest absolute Gasteiger partial charge is 0.253 e. The number of ether oxygens (including phenoxy) is 1. The maximum atomic E-state index is 12.3. The van der Waals surface area contributed by atoms with Gasteiger partial charge in [0.25, 0.3) is 5.91 Å². The fourth-order valence-corrected chi connectivity index (χ4v) is 4.23. The summed E-state index contributed by atoms with van der Waals surface area (Å²) in [5.41, 5.74) is 1.89. The molecule has 2 fully saturated rings. The van der Waals surface area contributed by atoms with E-state index in [9.17, 15) is 4.79 Å². The molecule has 30 heavy (non-hydrogen) atoms. The van der Waals surface area contributed by atoms with Crippen molar-refractivity contribution in [3.05, 3.63) is 29.8 Å². The molecular weight excluding hydrogens is 491 g/mol. The van der Waals surface area contributed by atoms with Gasteiger partial charge >= 0.3 is 0 Å². The van der Waals surface area contributed by atoms with E-state index in [0.29, 0.717) is 13.2 Å². The summed E-state index contributed by atoms with van der Waals surface area (Å²) in [4.78, 5) is 19.5. The Kier molecular flexibility index (Phi) is 10.4. The number of halogens is 1. The number of amides is 1. The Hall–Kier alpha value is -1.35. The Bertz CT molecular complexity index is 704. The molecule has 2 saturated heterocycles. The maximum absolute atomic E-state index is 12.3. The van der Waals surface area contributed by atoms with Crippen LogP contribution in [0.3, 0.4) is 0 Å². The lowest BCUT2D eigenvalue weighted by Crippen LogP contribution is -2.40. The molecule has 0 saturated carbocycles. The lowest BCUT2D eigenvalue weighted by atomic mass is 9.97. The number of hydrogen-bond acceptors (Lipinski definition) is 3. The molecule has 0 spiro atoms. The molecule has 0 bridgehead atoms. The van der Waals surface area contributed by atoms with Crippen LogP contribution in [0, 0.1) is 11.8 Å². The number of carbonyl (C=O) groups excluding carboxylic acids is 1. The van der Waals surface area contributed by atoms with Crippen molar-refractivity contribution in [3.63, 3.8) is 0 Å². The van der Waals surface area contributed by atoms with Gasteiger partial charge in [0.2, 0.25) is 0 Å². The minimum atomic E-state index is -0.314. The van der Waals surface area contributed by atoms with Gasteiger partial charge in [0, 0.05) is 31.9 Å². The Morgan fingerprint density at radius 1 is 1.33 bits per heavy atom. The van der Waals surface area contributed by atoms with Crippen molar-refractivity contribution in [2.75, 3.05) is 31.6 Å². The molecular formula is C23H37IN4O2. The van der Waals surface area contributed by atoms with Crippen LogP contribution in [-0.2, 0) is 16.1 Å². The van der Waals surface area contributed by atoms with Crippen molar-refractivity contribution < 1.29 is 9.53 Å². The van der Waals surface area contributed by atoms with Crippen molar-refractivity contribution in [2.45, 2.75) is 59.1 Å². The number of guanidine groups is 1. The van der Waals surface area contributed by atoms with Gasteiger partial charge in [-0.25, -0.2) is 4.99 Å². The van der Waals surface area contributed by atoms with Crippen molar-refractivity contribution in [1.29, 1.82) is 0 Å². The van der Waals surface area contributed by atoms with E-state index in [1.54, 1.807) is 0 Å². The van der Waals surface area contributed by atoms with Crippen LogP contribution in [0.1, 0.15) is 52.0 Å². The van der Waals surface area contributed by atoms with Crippen LogP contribution in [0.5, 0.6) is 0 Å². The monoisotopic (exact) mass is 528 g/mol. The van der Waals surface area contributed by atoms with E-state index in [0.717, 1.165) is 61.5 Å². The molecule has 1 amide bonds. The molecule has 2 aliphatic heterocycles. The molecule has 0 aliphatic carbocycles. The zero-order valence-corrected chi connectivity index (χ0v) is 20.9. The van der Waals surface area contributed by atoms with E-state index in [1.165, 1.54) is 12.8 Å². The van der Waals surface area contributed by atoms with Crippen LogP contribution in [0.2, 0.25) is 0 Å². The van der Waals surface area contributed by atoms with Crippen molar-refractivity contribution in [3.8, 4) is 0 Å². The molecule has 2 heterocycles. The lowest BCUT2D eigenvalue weighted by molar-refractivity contribution is -0.124. The van der Waals surface area contributed by atoms with Crippen LogP contribution in [0.15, 0.2) is 29.3 Å². The molecule has 2 unspecified atom stereocenters. The van der Waals surface area contributed by atoms with Crippen LogP contribution < -0.4 is 10.6 Å². The SMILES string of the molecule is CCNC(=NCc1cccc(NC(=O)C2CCCO2)c1)N1CCC(CC(C)C)C1.I. The third kappa shape index (κ3) is 7.41. The van der Waals surface area contributed by atoms with Crippen LogP contribution >= 0.6 is 24.0 Å². The predicted octanol–water partition coefficient (Wildman–Crippen LogP) is 4.26. The highest BCUT2D eigenvalue weighted by Gasteiger charge is 2.25. The molecule has 2 N–H and O–H groups in total. The summed E-state index contributed by atoms with van der Waals surface area (Å²) in [7, 11) is 0. The van der Waals surface area contributed by atoms with Gasteiger partial charge in [0.1, 0.15) is 6.10 Å². The fraction of sp³-hybridized carbons (Fsp3) is 0.652. The lowest BCUT2D eigenvalue weighted by Gasteiger charge is -2.22. The standard InChI is InChI=1S/C23H36N4O2.HI/c1-4-24-23(27-11-10-19(16-27)13-17(2)3)25-15-18-7-5-8-20(14-18)26-22(28)21-9-6-12-29-21;/h5,7-8,14,17,19,21H,4,6,9-13,15-16H2,1-3H3,(H,24,25)(H,26,28);1H. The first kappa shape index (κ1) is 24.9. The average Bonchev–Trinajstić information content (AvgIpc) is 3.37. The third-order valence-corrected chi connectivity index (χ3v) is 5.55. The number of aliphatic imine (C=N–C) groups is 1. The minimum Gasteiger partial charge on any atom is -0.368 e. The molecule has 1 aromatic rings. The molecule has 2 atom stereocenters. The van der Waals surface area contributed by atoms with Crippen LogP contribution in [0.4, 0.5) is 5.69 Å². The van der Waals surface area contributed by atoms with Gasteiger partial charge in [-0.1, -0.05) is 26.0 Å². The Balaban J connectivity index is 0.00000320. The predicted molar refractivity (Wildman–Crippen MR) is 133 cm³/mol. The van der Waals surface area contributed by atoms with E-state index in [-0.39, 0.29) is 36.0 Å². The highest BCUT2D eigenvalue weighted by molar-refractivity contribution is 14.0. The molecule has 0 radical (unpaired) electrons. The van der Waals surface area contributed by atoms with E-state index in [1.807, 2.05) is 18.2 Å². The zero-order chi connectivity index (χ0) is 20.6. The Morgan fingerprint density at radius 3 is 2.87 bits per heavy atom. The van der Waals surface area contributed by atoms with Crippen molar-refractivity contribution in [1.82, 2.24) is 10.2 Å². The number of hydrogen-bond donors (Lipinski definition) is 2. The molecule has 3 rings (SSSR count). The average molecular weight is 528 g/mol. The summed E-state index contributed by atoms with van der Waals surface area (Å²) < 4.78 is 5.46. The van der Waals surface area contributed by atoms with E-state index in [2.05, 4.69) is 42.4 Å². The quantitative estimate of drug-likeness (QED) is 0.316. The highest BCUT2D eigenvalue weighted by atomic mass is 127. The first-order valence-corrected chi connectivity index (χ1v) is 11.1.